The summed E-state index contributed by atoms with van der Waals surface area (Å²) in [7, 11) is 0. The van der Waals surface area contributed by atoms with Crippen molar-refractivity contribution in [2.45, 2.75) is 33.2 Å². The van der Waals surface area contributed by atoms with E-state index >= 15 is 0 Å². The Morgan fingerprint density at radius 3 is 2.54 bits per heavy atom. The number of benzene rings is 1. The van der Waals surface area contributed by atoms with E-state index in [1.54, 1.807) is 42.9 Å². The number of nitrogens with zero attached hydrogens (tertiary/aromatic N) is 6. The van der Waals surface area contributed by atoms with E-state index in [0.29, 0.717) is 28.8 Å². The van der Waals surface area contributed by atoms with Gasteiger partial charge in [0.15, 0.2) is 5.82 Å². The molecule has 0 bridgehead atoms. The van der Waals surface area contributed by atoms with Gasteiger partial charge in [0.25, 0.3) is 0 Å². The van der Waals surface area contributed by atoms with Crippen LogP contribution in [0.5, 0.6) is 17.4 Å². The topological polar surface area (TPSA) is 135 Å². The molecule has 1 amide bonds. The van der Waals surface area contributed by atoms with Gasteiger partial charge in [-0.15, -0.1) is 0 Å². The van der Waals surface area contributed by atoms with Crippen LogP contribution < -0.4 is 14.8 Å². The van der Waals surface area contributed by atoms with Crippen molar-refractivity contribution in [3.8, 4) is 17.4 Å². The van der Waals surface area contributed by atoms with Gasteiger partial charge in [-0.25, -0.2) is 24.7 Å². The van der Waals surface area contributed by atoms with Crippen LogP contribution in [0.25, 0.3) is 10.9 Å². The Hall–Kier alpha value is -4.25. The molecule has 0 unspecified atom stereocenters. The van der Waals surface area contributed by atoms with E-state index in [4.69, 9.17) is 21.1 Å². The highest BCUT2D eigenvalue weighted by Crippen LogP contribution is 2.31. The molecule has 2 N–H and O–H groups in total. The van der Waals surface area contributed by atoms with E-state index in [0.717, 1.165) is 11.1 Å². The lowest BCUT2D eigenvalue weighted by Crippen LogP contribution is -2.46. The Morgan fingerprint density at radius 1 is 1.05 bits per heavy atom. The van der Waals surface area contributed by atoms with Gasteiger partial charge in [-0.05, 0) is 45.9 Å². The summed E-state index contributed by atoms with van der Waals surface area (Å²) in [4.78, 5) is 34.2. The highest BCUT2D eigenvalue weighted by molar-refractivity contribution is 6.32. The maximum absolute atomic E-state index is 11.4. The second kappa shape index (κ2) is 10.8. The first-order valence-corrected chi connectivity index (χ1v) is 11.8. The number of aromatic nitrogens is 5. The van der Waals surface area contributed by atoms with Gasteiger partial charge in [0.2, 0.25) is 11.8 Å². The average molecular weight is 524 g/mol. The SMILES string of the molecule is Cc1cnc(Nc2ncc3cc(Oc4ncc(OCCN(C(=O)O)C(C)(C)C)cc4Cl)ccc3n2)cn1. The Balaban J connectivity index is 1.39. The molecule has 4 aromatic rings. The fourth-order valence-electron chi connectivity index (χ4n) is 3.35. The molecular formula is C25H26ClN7O4. The van der Waals surface area contributed by atoms with Crippen LogP contribution in [0, 0.1) is 6.92 Å². The molecule has 0 aliphatic rings. The largest absolute Gasteiger partial charge is 0.490 e. The van der Waals surface area contributed by atoms with Crippen LogP contribution in [-0.4, -0.2) is 59.7 Å². The molecule has 4 rings (SSSR count). The van der Waals surface area contributed by atoms with Crippen molar-refractivity contribution in [2.75, 3.05) is 18.5 Å². The van der Waals surface area contributed by atoms with Crippen LogP contribution in [-0.2, 0) is 0 Å². The summed E-state index contributed by atoms with van der Waals surface area (Å²) in [5.74, 6) is 2.06. The molecule has 11 nitrogen and oxygen atoms in total. The lowest BCUT2D eigenvalue weighted by atomic mass is 10.1. The Labute approximate surface area is 218 Å². The molecule has 0 aliphatic heterocycles. The van der Waals surface area contributed by atoms with Crippen molar-refractivity contribution in [2.24, 2.45) is 0 Å². The minimum atomic E-state index is -1.01. The zero-order valence-electron chi connectivity index (χ0n) is 20.8. The Kier molecular flexibility index (Phi) is 7.53. The first-order chi connectivity index (χ1) is 17.6. The summed E-state index contributed by atoms with van der Waals surface area (Å²) < 4.78 is 11.5. The quantitative estimate of drug-likeness (QED) is 0.306. The molecule has 0 saturated heterocycles. The van der Waals surface area contributed by atoms with Crippen LogP contribution in [0.3, 0.4) is 0 Å². The zero-order valence-corrected chi connectivity index (χ0v) is 21.5. The number of rotatable bonds is 8. The van der Waals surface area contributed by atoms with Gasteiger partial charge < -0.3 is 24.8 Å². The minimum absolute atomic E-state index is 0.153. The van der Waals surface area contributed by atoms with E-state index in [2.05, 4.69) is 30.2 Å². The van der Waals surface area contributed by atoms with Crippen LogP contribution >= 0.6 is 11.6 Å². The number of amides is 1. The van der Waals surface area contributed by atoms with Crippen LogP contribution in [0.2, 0.25) is 5.02 Å². The monoisotopic (exact) mass is 523 g/mol. The molecule has 12 heteroatoms. The van der Waals surface area contributed by atoms with Crippen molar-refractivity contribution in [3.05, 3.63) is 59.8 Å². The molecule has 0 saturated carbocycles. The second-order valence-electron chi connectivity index (χ2n) is 9.10. The molecule has 192 valence electrons. The number of carbonyl (C=O) groups is 1. The van der Waals surface area contributed by atoms with Crippen molar-refractivity contribution in [1.29, 1.82) is 0 Å². The molecule has 0 fully saturated rings. The summed E-state index contributed by atoms with van der Waals surface area (Å²) >= 11 is 6.35. The van der Waals surface area contributed by atoms with Crippen LogP contribution in [0.4, 0.5) is 16.6 Å². The predicted octanol–water partition coefficient (Wildman–Crippen LogP) is 5.47. The highest BCUT2D eigenvalue weighted by atomic mass is 35.5. The van der Waals surface area contributed by atoms with Gasteiger partial charge >= 0.3 is 6.09 Å². The van der Waals surface area contributed by atoms with Crippen LogP contribution in [0.1, 0.15) is 26.5 Å². The van der Waals surface area contributed by atoms with Gasteiger partial charge in [-0.2, -0.15) is 0 Å². The normalized spacial score (nSPS) is 11.3. The number of nitrogens with one attached hydrogen (secondary N) is 1. The summed E-state index contributed by atoms with van der Waals surface area (Å²) in [6, 6.07) is 6.90. The van der Waals surface area contributed by atoms with Crippen LogP contribution in [0.15, 0.2) is 49.1 Å². The second-order valence-corrected chi connectivity index (χ2v) is 9.50. The standard InChI is InChI=1S/C25H26ClN7O4/c1-15-11-28-21(14-27-15)32-23-30-12-16-9-17(5-6-20(16)31-23)37-22-19(26)10-18(13-29-22)36-8-7-33(24(34)35)25(2,3)4/h5-6,9-14H,7-8H2,1-4H3,(H,34,35)(H,28,30,31,32). The molecule has 0 atom stereocenters. The molecule has 0 aliphatic carbocycles. The molecule has 1 aromatic carbocycles. The maximum atomic E-state index is 11.4. The number of anilines is 2. The number of pyridine rings is 1. The smallest absolute Gasteiger partial charge is 0.407 e. The fraction of sp³-hybridized carbons (Fsp3) is 0.280. The number of aryl methyl sites for hydroxylation is 1. The zero-order chi connectivity index (χ0) is 26.6. The predicted molar refractivity (Wildman–Crippen MR) is 139 cm³/mol. The summed E-state index contributed by atoms with van der Waals surface area (Å²) in [6.07, 6.45) is 5.40. The summed E-state index contributed by atoms with van der Waals surface area (Å²) in [5.41, 5.74) is 0.984. The molecule has 0 radical (unpaired) electrons. The van der Waals surface area contributed by atoms with Gasteiger partial charge in [0, 0.05) is 23.2 Å². The van der Waals surface area contributed by atoms with E-state index in [9.17, 15) is 9.90 Å². The van der Waals surface area contributed by atoms with Crippen molar-refractivity contribution in [1.82, 2.24) is 29.8 Å². The van der Waals surface area contributed by atoms with E-state index in [1.165, 1.54) is 11.1 Å². The summed E-state index contributed by atoms with van der Waals surface area (Å²) in [5, 5.41) is 13.4. The third-order valence-corrected chi connectivity index (χ3v) is 5.46. The fourth-order valence-corrected chi connectivity index (χ4v) is 3.55. The van der Waals surface area contributed by atoms with E-state index in [1.807, 2.05) is 27.7 Å². The molecule has 37 heavy (non-hydrogen) atoms. The van der Waals surface area contributed by atoms with Crippen molar-refractivity contribution >= 4 is 40.4 Å². The highest BCUT2D eigenvalue weighted by Gasteiger charge is 2.25. The van der Waals surface area contributed by atoms with Gasteiger partial charge in [-0.1, -0.05) is 11.6 Å². The van der Waals surface area contributed by atoms with Gasteiger partial charge in [0.05, 0.1) is 36.3 Å². The van der Waals surface area contributed by atoms with Gasteiger partial charge in [-0.3, -0.25) is 4.98 Å². The van der Waals surface area contributed by atoms with Crippen molar-refractivity contribution in [3.63, 3.8) is 0 Å². The Bertz CT molecular complexity index is 1410. The number of fused-ring (bicyclic) bond motifs is 1. The van der Waals surface area contributed by atoms with E-state index < -0.39 is 11.6 Å². The third kappa shape index (κ3) is 6.70. The number of hydrogen-bond donors (Lipinski definition) is 2. The van der Waals surface area contributed by atoms with Gasteiger partial charge in [0.1, 0.15) is 23.1 Å². The van der Waals surface area contributed by atoms with E-state index in [-0.39, 0.29) is 24.1 Å². The Morgan fingerprint density at radius 2 is 1.86 bits per heavy atom. The third-order valence-electron chi connectivity index (χ3n) is 5.19. The molecular weight excluding hydrogens is 498 g/mol. The minimum Gasteiger partial charge on any atom is -0.490 e. The number of halogens is 1. The average Bonchev–Trinajstić information content (AvgIpc) is 2.84. The molecule has 3 aromatic heterocycles. The lowest BCUT2D eigenvalue weighted by Gasteiger charge is -2.32. The van der Waals surface area contributed by atoms with Crippen molar-refractivity contribution < 1.29 is 19.4 Å². The first-order valence-electron chi connectivity index (χ1n) is 11.4. The molecule has 3 heterocycles. The number of ether oxygens (including phenoxy) is 2. The first kappa shape index (κ1) is 25.8. The lowest BCUT2D eigenvalue weighted by molar-refractivity contribution is 0.0891. The molecule has 0 spiro atoms. The number of carboxylic acid groups (broad SMARTS) is 1. The maximum Gasteiger partial charge on any atom is 0.407 e. The summed E-state index contributed by atoms with van der Waals surface area (Å²) in [6.45, 7) is 7.67. The number of hydrogen-bond acceptors (Lipinski definition) is 9.